The van der Waals surface area contributed by atoms with Gasteiger partial charge < -0.3 is 0 Å². The monoisotopic (exact) mass is 1840 g/mol. The van der Waals surface area contributed by atoms with Crippen LogP contribution >= 0.6 is 68.9 Å². The Morgan fingerprint density at radius 2 is 0.764 bits per heavy atom. The zero-order chi connectivity index (χ0) is 86.9. The summed E-state index contributed by atoms with van der Waals surface area (Å²) >= 11 is 9.88. The molecule has 0 saturated heterocycles. The van der Waals surface area contributed by atoms with E-state index in [4.69, 9.17) is 21.1 Å². The summed E-state index contributed by atoms with van der Waals surface area (Å²) < 4.78 is 150. The topological polar surface area (TPSA) is 126 Å². The molecule has 640 valence electrons. The molecule has 123 heavy (non-hydrogen) atoms. The van der Waals surface area contributed by atoms with E-state index in [2.05, 4.69) is 60.4 Å². The van der Waals surface area contributed by atoms with Gasteiger partial charge in [-0.05, 0) is 24.3 Å². The molecule has 2 atom stereocenters. The third-order valence-corrected chi connectivity index (χ3v) is 33.3. The summed E-state index contributed by atoms with van der Waals surface area (Å²) in [5.74, 6) is -10.7. The Labute approximate surface area is 743 Å². The van der Waals surface area contributed by atoms with E-state index in [9.17, 15) is 37.7 Å². The average Bonchev–Trinajstić information content (AvgIpc) is 1.50. The predicted molar refractivity (Wildman–Crippen MR) is 499 cm³/mol. The Hall–Kier alpha value is -8.46. The van der Waals surface area contributed by atoms with Crippen molar-refractivity contribution in [3.05, 3.63) is 172 Å². The number of rotatable bonds is 42. The van der Waals surface area contributed by atoms with Gasteiger partial charge in [-0.25, -0.2) is 55.3 Å². The Morgan fingerprint density at radius 3 is 1.11 bits per heavy atom. The molecule has 10 nitrogen and oxygen atoms in total. The molecule has 0 N–H and O–H groups in total. The normalized spacial score (nSPS) is 15.2. The molecule has 12 aromatic rings. The van der Waals surface area contributed by atoms with Crippen LogP contribution < -0.4 is 0 Å². The number of carbonyl (C=O) groups excluding carboxylic acids is 2. The molecule has 7 aromatic heterocycles. The van der Waals surface area contributed by atoms with E-state index < -0.39 is 139 Å². The van der Waals surface area contributed by atoms with Gasteiger partial charge in [0, 0.05) is 43.8 Å². The van der Waals surface area contributed by atoms with Crippen LogP contribution in [0.15, 0.2) is 80.9 Å². The van der Waals surface area contributed by atoms with E-state index in [1.807, 2.05) is 12.2 Å². The van der Waals surface area contributed by atoms with Crippen LogP contribution in [0, 0.1) is 94.2 Å². The number of unbranched alkanes of at least 4 members (excludes halogenated alkanes) is 20. The van der Waals surface area contributed by atoms with E-state index in [1.54, 1.807) is 93.2 Å². The third-order valence-electron chi connectivity index (χ3n) is 24.2. The van der Waals surface area contributed by atoms with Gasteiger partial charge in [0.2, 0.25) is 0 Å². The van der Waals surface area contributed by atoms with Gasteiger partial charge in [-0.3, -0.25) is 9.59 Å². The summed E-state index contributed by atoms with van der Waals surface area (Å²) in [6, 6.07) is 5.62. The van der Waals surface area contributed by atoms with Crippen LogP contribution in [0.5, 0.6) is 0 Å². The summed E-state index contributed by atoms with van der Waals surface area (Å²) in [4.78, 5) is 40.1. The standard InChI is InChI=1S/C98H98F8N8O2S6Se/c1-9-15-21-25-27-29-33-45-117-91-69(43-35-41-57-71(67(51-107)109-7)73-75(89(57)115)81(105)61-49-65(101)63(99)47-59(61)79(73)103)119-95-87-93(121-97(91)95)77-83-84(112-123-111-83)78-86(85(77)113(87)53-55(37-19-13-5)39-31-23-17-11-3)114(54-56(38-20-14-6)40-32-24-18-12-4)88-94(78)122-98-92(118-46-34-30-28-26-22-16-10-2)70(120-96(88)98)44-36-42-58-72(68(52-108)110-8)74-76(90(58)116)82(106)62-50-66(102)64(100)48-60(62)80(74)104/h35-36,41-44,47-50,55-56H,9-34,37-40,45-46,53-54H2,1-6H3/b43-35+,44-36+,57-41-,58-42-,71-67-,72-68+. The Bertz CT molecular complexity index is 6090. The molecule has 2 unspecified atom stereocenters. The Balaban J connectivity index is 1.02. The van der Waals surface area contributed by atoms with Crippen LogP contribution in [-0.4, -0.2) is 55.1 Å². The number of thiophene rings is 4. The molecular weight excluding hydrogens is 1740 g/mol. The predicted octanol–water partition coefficient (Wildman–Crippen LogP) is 32.1. The molecule has 7 heterocycles. The molecule has 5 aromatic carbocycles. The molecule has 0 radical (unpaired) electrons. The molecule has 25 heteroatoms. The molecular formula is C98H98F8N8O2S6Se. The number of hydrogen-bond acceptors (Lipinski definition) is 12. The van der Waals surface area contributed by atoms with E-state index >= 15 is 17.6 Å². The second-order valence-corrected chi connectivity index (χ2v) is 40.0. The molecule has 14 rings (SSSR count). The number of ketones is 2. The zero-order valence-corrected chi connectivity index (χ0v) is 76.9. The molecule has 0 spiro atoms. The summed E-state index contributed by atoms with van der Waals surface area (Å²) in [5, 5.41) is 20.4. The fourth-order valence-corrected chi connectivity index (χ4v) is 27.8. The van der Waals surface area contributed by atoms with Gasteiger partial charge in [-0.2, -0.15) is 0 Å². The quantitative estimate of drug-likeness (QED) is 0.00704. The second-order valence-electron chi connectivity index (χ2n) is 32.6. The first kappa shape index (κ1) is 90.8. The third kappa shape index (κ3) is 17.8. The number of thioether (sulfide) groups is 2. The minimum Gasteiger partial charge on any atom is -0.289 e. The summed E-state index contributed by atoms with van der Waals surface area (Å²) in [6.45, 7) is 30.9. The number of aromatic nitrogens is 4. The average molecular weight is 1840 g/mol. The van der Waals surface area contributed by atoms with Crippen molar-refractivity contribution < 1.29 is 44.7 Å². The SMILES string of the molecule is [C-]#[N+]/C(C#N)=C1/C(=C/C=C/c2sc3c(sc4c5c6n[se]nc6c6c7sc8c(SCCCCCCCCC)c(/C=C/C=C9\C(=O)c%10c(c(F)c%11cc(F)c(F)cc%11c%10F)\C9=C(/C#N)[N+]#[C-])sc8c7n(CC(CCCC)CCCCCC)c6c5n(CC(CCCC)CCCCCC)c34)c2SCCCCCCCCC)C(=O)c2c1c(F)c1cc(F)c(F)cc1c2F. The number of halogens is 8. The summed E-state index contributed by atoms with van der Waals surface area (Å²) in [7, 11) is 0. The maximum absolute atomic E-state index is 16.9. The van der Waals surface area contributed by atoms with Gasteiger partial charge in [-0.1, -0.05) is 79.1 Å². The minimum atomic E-state index is -1.44. The first-order chi connectivity index (χ1) is 59.9. The van der Waals surface area contributed by atoms with Crippen LogP contribution in [-0.2, 0) is 13.1 Å². The first-order valence-corrected chi connectivity index (χ1v) is 50.5. The first-order valence-electron chi connectivity index (χ1n) is 43.7. The zero-order valence-electron chi connectivity index (χ0n) is 70.2. The van der Waals surface area contributed by atoms with Crippen molar-refractivity contribution in [3.8, 4) is 12.1 Å². The van der Waals surface area contributed by atoms with E-state index in [1.165, 1.54) is 37.8 Å². The number of nitrogens with zero attached hydrogens (tertiary/aromatic N) is 8. The number of allylic oxidation sites excluding steroid dienone is 10. The molecule has 0 fully saturated rings. The van der Waals surface area contributed by atoms with Gasteiger partial charge in [-0.15, -0.1) is 0 Å². The van der Waals surface area contributed by atoms with Gasteiger partial charge in [0.15, 0.2) is 34.8 Å². The van der Waals surface area contributed by atoms with E-state index in [0.29, 0.717) is 37.4 Å². The van der Waals surface area contributed by atoms with Crippen molar-refractivity contribution in [2.24, 2.45) is 11.8 Å². The fourth-order valence-electron chi connectivity index (χ4n) is 18.0. The van der Waals surface area contributed by atoms with Crippen molar-refractivity contribution in [2.45, 2.75) is 257 Å². The van der Waals surface area contributed by atoms with Gasteiger partial charge in [0.1, 0.15) is 23.3 Å². The second kappa shape index (κ2) is 41.3. The van der Waals surface area contributed by atoms with Crippen molar-refractivity contribution in [1.29, 1.82) is 10.5 Å². The van der Waals surface area contributed by atoms with E-state index in [0.717, 1.165) is 270 Å². The number of carbonyl (C=O) groups is 2. The van der Waals surface area contributed by atoms with Crippen LogP contribution in [0.1, 0.15) is 276 Å². The van der Waals surface area contributed by atoms with Crippen LogP contribution in [0.2, 0.25) is 0 Å². The molecule has 0 aliphatic heterocycles. The molecule has 2 aliphatic rings. The number of fused-ring (bicyclic) bond motifs is 18. The summed E-state index contributed by atoms with van der Waals surface area (Å²) in [5.41, 5.74) is 0.524. The summed E-state index contributed by atoms with van der Waals surface area (Å²) in [6.07, 6.45) is 42.5. The number of Topliss-reactive ketones (excluding diaryl/α,β-unsaturated/α-hetero) is 2. The minimum absolute atomic E-state index is 0.279. The molecule has 2 aliphatic carbocycles. The van der Waals surface area contributed by atoms with Crippen molar-refractivity contribution >= 4 is 212 Å². The van der Waals surface area contributed by atoms with Crippen molar-refractivity contribution in [3.63, 3.8) is 0 Å². The maximum atomic E-state index is 16.9. The van der Waals surface area contributed by atoms with Gasteiger partial charge in [0.25, 0.3) is 11.4 Å². The van der Waals surface area contributed by atoms with Crippen molar-refractivity contribution in [1.82, 2.24) is 17.1 Å². The van der Waals surface area contributed by atoms with Gasteiger partial charge in [0.05, 0.1) is 36.4 Å². The smallest absolute Gasteiger partial charge is 0.289 e. The number of nitriles is 2. The van der Waals surface area contributed by atoms with Crippen LogP contribution in [0.25, 0.3) is 127 Å². The fraction of sp³-hybridized carbons (Fsp3) is 0.429. The Kier molecular flexibility index (Phi) is 30.5. The van der Waals surface area contributed by atoms with Crippen LogP contribution in [0.3, 0.4) is 0 Å². The molecule has 0 amide bonds. The number of benzene rings is 5. The van der Waals surface area contributed by atoms with E-state index in [-0.39, 0.29) is 23.0 Å². The Morgan fingerprint density at radius 1 is 0.439 bits per heavy atom. The number of hydrogen-bond donors (Lipinski definition) is 0. The molecule has 0 bridgehead atoms. The van der Waals surface area contributed by atoms with Crippen LogP contribution in [0.4, 0.5) is 35.1 Å². The van der Waals surface area contributed by atoms with Crippen molar-refractivity contribution in [2.75, 3.05) is 11.5 Å². The van der Waals surface area contributed by atoms with Gasteiger partial charge >= 0.3 is 432 Å². The molecule has 0 saturated carbocycles.